The molecule has 0 radical (unpaired) electrons. The monoisotopic (exact) mass is 194 g/mol. The third-order valence-corrected chi connectivity index (χ3v) is 1.19. The molecular formula is C6H10O7. The van der Waals surface area contributed by atoms with E-state index in [1.807, 2.05) is 0 Å². The van der Waals surface area contributed by atoms with Crippen LogP contribution in [0.25, 0.3) is 0 Å². The number of carboxylic acids is 3. The second kappa shape index (κ2) is 5.95. The van der Waals surface area contributed by atoms with Crippen molar-refractivity contribution in [2.45, 2.75) is 12.8 Å². The van der Waals surface area contributed by atoms with Gasteiger partial charge in [-0.15, -0.1) is 0 Å². The quantitative estimate of drug-likeness (QED) is 0.502. The summed E-state index contributed by atoms with van der Waals surface area (Å²) < 4.78 is 0. The summed E-state index contributed by atoms with van der Waals surface area (Å²) in [6, 6.07) is 0. The molecule has 0 unspecified atom stereocenters. The first-order chi connectivity index (χ1) is 5.43. The molecule has 0 aromatic carbocycles. The molecule has 0 aliphatic carbocycles. The van der Waals surface area contributed by atoms with Gasteiger partial charge in [0.15, 0.2) is 0 Å². The molecule has 0 spiro atoms. The van der Waals surface area contributed by atoms with Crippen LogP contribution in [-0.4, -0.2) is 38.7 Å². The average Bonchev–Trinajstić information content (AvgIpc) is 1.83. The first kappa shape index (κ1) is 13.9. The third kappa shape index (κ3) is 6.76. The van der Waals surface area contributed by atoms with Crippen molar-refractivity contribution in [3.63, 3.8) is 0 Å². The smallest absolute Gasteiger partial charge is 0.307 e. The predicted molar refractivity (Wildman–Crippen MR) is 39.2 cm³/mol. The lowest BCUT2D eigenvalue weighted by atomic mass is 10.0. The van der Waals surface area contributed by atoms with Crippen molar-refractivity contribution in [3.8, 4) is 0 Å². The summed E-state index contributed by atoms with van der Waals surface area (Å²) in [6.45, 7) is 0. The summed E-state index contributed by atoms with van der Waals surface area (Å²) in [5.41, 5.74) is 0. The Morgan fingerprint density at radius 2 is 1.23 bits per heavy atom. The molecule has 5 N–H and O–H groups in total. The molecule has 0 atom stereocenters. The van der Waals surface area contributed by atoms with E-state index in [1.54, 1.807) is 0 Å². The van der Waals surface area contributed by atoms with Gasteiger partial charge in [-0.3, -0.25) is 14.4 Å². The Kier molecular flexibility index (Phi) is 6.37. The van der Waals surface area contributed by atoms with E-state index in [2.05, 4.69) is 0 Å². The van der Waals surface area contributed by atoms with E-state index in [9.17, 15) is 14.4 Å². The van der Waals surface area contributed by atoms with Crippen LogP contribution in [0.3, 0.4) is 0 Å². The first-order valence-electron chi connectivity index (χ1n) is 3.10. The Hall–Kier alpha value is -1.63. The molecule has 13 heavy (non-hydrogen) atoms. The molecule has 0 saturated heterocycles. The Bertz CT molecular complexity index is 193. The number of carboxylic acid groups (broad SMARTS) is 3. The normalized spacial score (nSPS) is 9.00. The molecular weight excluding hydrogens is 184 g/mol. The van der Waals surface area contributed by atoms with Crippen molar-refractivity contribution in [1.29, 1.82) is 0 Å². The fourth-order valence-corrected chi connectivity index (χ4v) is 0.668. The summed E-state index contributed by atoms with van der Waals surface area (Å²) in [4.78, 5) is 30.3. The molecule has 0 rings (SSSR count). The van der Waals surface area contributed by atoms with Crippen LogP contribution in [0.1, 0.15) is 12.8 Å². The van der Waals surface area contributed by atoms with Crippen molar-refractivity contribution in [2.24, 2.45) is 5.92 Å². The maximum atomic E-state index is 10.2. The van der Waals surface area contributed by atoms with E-state index >= 15 is 0 Å². The fourth-order valence-electron chi connectivity index (χ4n) is 0.668. The van der Waals surface area contributed by atoms with Crippen LogP contribution in [-0.2, 0) is 14.4 Å². The Morgan fingerprint density at radius 3 is 1.38 bits per heavy atom. The van der Waals surface area contributed by atoms with Gasteiger partial charge >= 0.3 is 17.9 Å². The van der Waals surface area contributed by atoms with Crippen molar-refractivity contribution >= 4 is 17.9 Å². The van der Waals surface area contributed by atoms with E-state index < -0.39 is 36.7 Å². The second-order valence-corrected chi connectivity index (χ2v) is 2.23. The van der Waals surface area contributed by atoms with Crippen molar-refractivity contribution < 1.29 is 35.2 Å². The molecule has 7 heteroatoms. The zero-order chi connectivity index (χ0) is 9.72. The van der Waals surface area contributed by atoms with Gasteiger partial charge in [0, 0.05) is 0 Å². The van der Waals surface area contributed by atoms with Crippen LogP contribution < -0.4 is 0 Å². The van der Waals surface area contributed by atoms with Crippen molar-refractivity contribution in [3.05, 3.63) is 0 Å². The van der Waals surface area contributed by atoms with Crippen LogP contribution in [0.5, 0.6) is 0 Å². The number of aliphatic carboxylic acids is 3. The molecule has 0 aromatic heterocycles. The lowest BCUT2D eigenvalue weighted by Crippen LogP contribution is -2.20. The molecule has 0 aliphatic heterocycles. The van der Waals surface area contributed by atoms with E-state index in [-0.39, 0.29) is 5.48 Å². The van der Waals surface area contributed by atoms with Gasteiger partial charge in [-0.1, -0.05) is 0 Å². The highest BCUT2D eigenvalue weighted by molar-refractivity contribution is 5.82. The fraction of sp³-hybridized carbons (Fsp3) is 0.500. The molecule has 76 valence electrons. The highest BCUT2D eigenvalue weighted by Crippen LogP contribution is 2.08. The Balaban J connectivity index is 0. The van der Waals surface area contributed by atoms with Gasteiger partial charge in [-0.25, -0.2) is 0 Å². The highest BCUT2D eigenvalue weighted by atomic mass is 16.4. The number of carbonyl (C=O) groups is 3. The first-order valence-corrected chi connectivity index (χ1v) is 3.10. The van der Waals surface area contributed by atoms with Crippen LogP contribution in [0, 0.1) is 5.92 Å². The van der Waals surface area contributed by atoms with Crippen molar-refractivity contribution in [2.75, 3.05) is 0 Å². The minimum atomic E-state index is -1.40. The van der Waals surface area contributed by atoms with E-state index in [4.69, 9.17) is 15.3 Å². The van der Waals surface area contributed by atoms with Crippen molar-refractivity contribution in [1.82, 2.24) is 0 Å². The molecule has 0 saturated carbocycles. The number of rotatable bonds is 5. The molecule has 0 bridgehead atoms. The maximum absolute atomic E-state index is 10.2. The topological polar surface area (TPSA) is 143 Å². The minimum absolute atomic E-state index is 0. The summed E-state index contributed by atoms with van der Waals surface area (Å²) in [5.74, 6) is -5.38. The lowest BCUT2D eigenvalue weighted by molar-refractivity contribution is -0.152. The molecule has 7 nitrogen and oxygen atoms in total. The molecule has 0 aromatic rings. The third-order valence-electron chi connectivity index (χ3n) is 1.19. The minimum Gasteiger partial charge on any atom is -0.481 e. The van der Waals surface area contributed by atoms with Gasteiger partial charge in [-0.2, -0.15) is 0 Å². The standard InChI is InChI=1S/C6H8O6.H2O/c7-4(8)1-3(6(11)12)2-5(9)10;/h3H,1-2H2,(H,7,8)(H,9,10)(H,11,12);1H2. The van der Waals surface area contributed by atoms with E-state index in [0.29, 0.717) is 0 Å². The van der Waals surface area contributed by atoms with Gasteiger partial charge in [-0.05, 0) is 0 Å². The van der Waals surface area contributed by atoms with Gasteiger partial charge < -0.3 is 20.8 Å². The van der Waals surface area contributed by atoms with E-state index in [1.165, 1.54) is 0 Å². The molecule has 0 aliphatic rings. The Labute approximate surface area is 72.9 Å². The lowest BCUT2D eigenvalue weighted by Gasteiger charge is -2.04. The molecule has 0 fully saturated rings. The van der Waals surface area contributed by atoms with Gasteiger partial charge in [0.05, 0.1) is 18.8 Å². The predicted octanol–water partition coefficient (Wildman–Crippen LogP) is -1.19. The Morgan fingerprint density at radius 1 is 0.923 bits per heavy atom. The van der Waals surface area contributed by atoms with Crippen LogP contribution in [0.15, 0.2) is 0 Å². The van der Waals surface area contributed by atoms with Gasteiger partial charge in [0.2, 0.25) is 0 Å². The number of hydrogen-bond donors (Lipinski definition) is 3. The summed E-state index contributed by atoms with van der Waals surface area (Å²) in [6.07, 6.45) is -1.33. The summed E-state index contributed by atoms with van der Waals surface area (Å²) in [5, 5.41) is 24.7. The molecule has 0 heterocycles. The van der Waals surface area contributed by atoms with E-state index in [0.717, 1.165) is 0 Å². The van der Waals surface area contributed by atoms with Crippen LogP contribution in [0.2, 0.25) is 0 Å². The second-order valence-electron chi connectivity index (χ2n) is 2.23. The maximum Gasteiger partial charge on any atom is 0.307 e. The van der Waals surface area contributed by atoms with Gasteiger partial charge in [0.1, 0.15) is 0 Å². The molecule has 0 amide bonds. The van der Waals surface area contributed by atoms with Crippen LogP contribution in [0.4, 0.5) is 0 Å². The van der Waals surface area contributed by atoms with Crippen LogP contribution >= 0.6 is 0 Å². The largest absolute Gasteiger partial charge is 0.481 e. The zero-order valence-electron chi connectivity index (χ0n) is 6.56. The SMILES string of the molecule is O.O=C(O)CC(CC(=O)O)C(=O)O. The van der Waals surface area contributed by atoms with Gasteiger partial charge in [0.25, 0.3) is 0 Å². The number of hydrogen-bond acceptors (Lipinski definition) is 3. The summed E-state index contributed by atoms with van der Waals surface area (Å²) >= 11 is 0. The summed E-state index contributed by atoms with van der Waals surface area (Å²) in [7, 11) is 0. The average molecular weight is 194 g/mol. The highest BCUT2D eigenvalue weighted by Gasteiger charge is 2.23. The zero-order valence-corrected chi connectivity index (χ0v) is 6.56.